The molecule has 3 rings (SSSR count). The molecular weight excluding hydrogens is 176 g/mol. The van der Waals surface area contributed by atoms with Gasteiger partial charge in [0.15, 0.2) is 0 Å². The van der Waals surface area contributed by atoms with Gasteiger partial charge in [-0.05, 0) is 44.7 Å². The standard InChI is InChI=1S/C11H18N2O/c1-11(3-4-11)13(2)10(14)9-7-5-12-6-8(7)9/h7-9,12H,3-6H2,1-2H3/t7-,8?,9?/m1/s1. The van der Waals surface area contributed by atoms with Gasteiger partial charge in [-0.2, -0.15) is 0 Å². The van der Waals surface area contributed by atoms with Gasteiger partial charge >= 0.3 is 0 Å². The molecule has 3 atom stereocenters. The van der Waals surface area contributed by atoms with Crippen LogP contribution >= 0.6 is 0 Å². The molecule has 2 unspecified atom stereocenters. The summed E-state index contributed by atoms with van der Waals surface area (Å²) in [7, 11) is 1.98. The molecule has 3 nitrogen and oxygen atoms in total. The fourth-order valence-electron chi connectivity index (χ4n) is 2.79. The van der Waals surface area contributed by atoms with Crippen LogP contribution in [0.4, 0.5) is 0 Å². The summed E-state index contributed by atoms with van der Waals surface area (Å²) < 4.78 is 0. The Labute approximate surface area is 84.8 Å². The van der Waals surface area contributed by atoms with Gasteiger partial charge < -0.3 is 10.2 Å². The minimum Gasteiger partial charge on any atom is -0.340 e. The van der Waals surface area contributed by atoms with Crippen molar-refractivity contribution in [2.45, 2.75) is 25.3 Å². The first-order chi connectivity index (χ1) is 6.63. The molecule has 0 radical (unpaired) electrons. The summed E-state index contributed by atoms with van der Waals surface area (Å²) in [5.41, 5.74) is 0.210. The molecule has 0 bridgehead atoms. The molecule has 1 heterocycles. The zero-order chi connectivity index (χ0) is 9.92. The van der Waals surface area contributed by atoms with E-state index in [0.717, 1.165) is 13.1 Å². The van der Waals surface area contributed by atoms with Crippen molar-refractivity contribution in [2.24, 2.45) is 17.8 Å². The van der Waals surface area contributed by atoms with Gasteiger partial charge in [0, 0.05) is 18.5 Å². The SMILES string of the molecule is CN(C(=O)C1C2CNC[C@H]21)C1(C)CC1. The number of piperidine rings is 1. The number of nitrogens with one attached hydrogen (secondary N) is 1. The average molecular weight is 194 g/mol. The minimum absolute atomic E-state index is 0.210. The number of fused-ring (bicyclic) bond motifs is 1. The highest BCUT2D eigenvalue weighted by Gasteiger charge is 2.59. The Hall–Kier alpha value is -0.570. The first-order valence-electron chi connectivity index (χ1n) is 5.62. The summed E-state index contributed by atoms with van der Waals surface area (Å²) in [4.78, 5) is 14.1. The summed E-state index contributed by atoms with van der Waals surface area (Å²) >= 11 is 0. The van der Waals surface area contributed by atoms with Crippen molar-refractivity contribution in [1.29, 1.82) is 0 Å². The largest absolute Gasteiger partial charge is 0.340 e. The van der Waals surface area contributed by atoms with Crippen molar-refractivity contribution in [3.63, 3.8) is 0 Å². The number of hydrogen-bond donors (Lipinski definition) is 1. The van der Waals surface area contributed by atoms with E-state index in [0.29, 0.717) is 23.7 Å². The highest BCUT2D eigenvalue weighted by molar-refractivity contribution is 5.83. The lowest BCUT2D eigenvalue weighted by Crippen LogP contribution is -2.39. The summed E-state index contributed by atoms with van der Waals surface area (Å²) in [5.74, 6) is 2.08. The van der Waals surface area contributed by atoms with Gasteiger partial charge in [-0.25, -0.2) is 0 Å². The van der Waals surface area contributed by atoms with E-state index in [1.807, 2.05) is 11.9 Å². The van der Waals surface area contributed by atoms with E-state index >= 15 is 0 Å². The van der Waals surface area contributed by atoms with Crippen LogP contribution in [0.25, 0.3) is 0 Å². The molecular formula is C11H18N2O. The van der Waals surface area contributed by atoms with Crippen LogP contribution < -0.4 is 5.32 Å². The van der Waals surface area contributed by atoms with Gasteiger partial charge in [0.1, 0.15) is 0 Å². The van der Waals surface area contributed by atoms with Crippen molar-refractivity contribution >= 4 is 5.91 Å². The fraction of sp³-hybridized carbons (Fsp3) is 0.909. The van der Waals surface area contributed by atoms with E-state index < -0.39 is 0 Å². The van der Waals surface area contributed by atoms with Crippen LogP contribution in [0.1, 0.15) is 19.8 Å². The van der Waals surface area contributed by atoms with E-state index in [9.17, 15) is 4.79 Å². The van der Waals surface area contributed by atoms with Crippen LogP contribution in [0.3, 0.4) is 0 Å². The molecule has 2 saturated carbocycles. The van der Waals surface area contributed by atoms with Crippen LogP contribution in [-0.2, 0) is 4.79 Å². The maximum atomic E-state index is 12.1. The van der Waals surface area contributed by atoms with Crippen LogP contribution in [0.2, 0.25) is 0 Å². The Morgan fingerprint density at radius 2 is 1.93 bits per heavy atom. The van der Waals surface area contributed by atoms with Gasteiger partial charge in [0.2, 0.25) is 5.91 Å². The molecule has 0 aromatic heterocycles. The Morgan fingerprint density at radius 1 is 1.36 bits per heavy atom. The van der Waals surface area contributed by atoms with Crippen LogP contribution in [-0.4, -0.2) is 36.5 Å². The molecule has 2 aliphatic carbocycles. The molecule has 1 N–H and O–H groups in total. The van der Waals surface area contributed by atoms with Gasteiger partial charge in [-0.1, -0.05) is 0 Å². The first-order valence-corrected chi connectivity index (χ1v) is 5.62. The molecule has 1 amide bonds. The second-order valence-electron chi connectivity index (χ2n) is 5.41. The summed E-state index contributed by atoms with van der Waals surface area (Å²) in [6, 6.07) is 0. The van der Waals surface area contributed by atoms with E-state index in [1.54, 1.807) is 0 Å². The summed E-state index contributed by atoms with van der Waals surface area (Å²) in [6.07, 6.45) is 2.38. The van der Waals surface area contributed by atoms with Crippen molar-refractivity contribution < 1.29 is 4.79 Å². The van der Waals surface area contributed by atoms with Gasteiger partial charge in [0.25, 0.3) is 0 Å². The zero-order valence-corrected chi connectivity index (χ0v) is 8.92. The normalized spacial score (nSPS) is 41.7. The number of rotatable bonds is 2. The van der Waals surface area contributed by atoms with E-state index in [2.05, 4.69) is 12.2 Å². The third-order valence-corrected chi connectivity index (χ3v) is 4.49. The third kappa shape index (κ3) is 1.05. The molecule has 1 aliphatic heterocycles. The van der Waals surface area contributed by atoms with E-state index in [-0.39, 0.29) is 5.54 Å². The molecule has 1 saturated heterocycles. The fourth-order valence-corrected chi connectivity index (χ4v) is 2.79. The summed E-state index contributed by atoms with van der Waals surface area (Å²) in [5, 5.41) is 3.33. The number of carbonyl (C=O) groups excluding carboxylic acids is 1. The molecule has 3 fully saturated rings. The Morgan fingerprint density at radius 3 is 2.43 bits per heavy atom. The number of amides is 1. The third-order valence-electron chi connectivity index (χ3n) is 4.49. The minimum atomic E-state index is 0.210. The Balaban J connectivity index is 1.66. The lowest BCUT2D eigenvalue weighted by atomic mass is 10.2. The molecule has 3 heteroatoms. The number of carbonyl (C=O) groups is 1. The van der Waals surface area contributed by atoms with Crippen LogP contribution in [0.5, 0.6) is 0 Å². The topological polar surface area (TPSA) is 32.3 Å². The van der Waals surface area contributed by atoms with Gasteiger partial charge in [-0.3, -0.25) is 4.79 Å². The molecule has 0 spiro atoms. The first kappa shape index (κ1) is 8.72. The average Bonchev–Trinajstić information content (AvgIpc) is 3.04. The predicted molar refractivity (Wildman–Crippen MR) is 53.7 cm³/mol. The van der Waals surface area contributed by atoms with Crippen LogP contribution in [0, 0.1) is 17.8 Å². The Kier molecular flexibility index (Phi) is 1.56. The maximum Gasteiger partial charge on any atom is 0.226 e. The monoisotopic (exact) mass is 194 g/mol. The quantitative estimate of drug-likeness (QED) is 0.693. The number of nitrogens with zero attached hydrogens (tertiary/aromatic N) is 1. The lowest BCUT2D eigenvalue weighted by molar-refractivity contribution is -0.134. The zero-order valence-electron chi connectivity index (χ0n) is 8.92. The van der Waals surface area contributed by atoms with Crippen molar-refractivity contribution in [3.8, 4) is 0 Å². The van der Waals surface area contributed by atoms with Crippen molar-refractivity contribution in [1.82, 2.24) is 10.2 Å². The van der Waals surface area contributed by atoms with Gasteiger partial charge in [0.05, 0.1) is 0 Å². The number of hydrogen-bond acceptors (Lipinski definition) is 2. The second kappa shape index (κ2) is 2.51. The molecule has 0 aromatic carbocycles. The molecule has 78 valence electrons. The highest BCUT2D eigenvalue weighted by Crippen LogP contribution is 2.51. The maximum absolute atomic E-state index is 12.1. The van der Waals surface area contributed by atoms with Gasteiger partial charge in [-0.15, -0.1) is 0 Å². The predicted octanol–water partition coefficient (Wildman–Crippen LogP) is 0.463. The van der Waals surface area contributed by atoms with Crippen molar-refractivity contribution in [2.75, 3.05) is 20.1 Å². The molecule has 0 aromatic rings. The van der Waals surface area contributed by atoms with E-state index in [4.69, 9.17) is 0 Å². The summed E-state index contributed by atoms with van der Waals surface area (Å²) in [6.45, 7) is 4.32. The lowest BCUT2D eigenvalue weighted by Gasteiger charge is -2.25. The second-order valence-corrected chi connectivity index (χ2v) is 5.41. The molecule has 14 heavy (non-hydrogen) atoms. The van der Waals surface area contributed by atoms with Crippen LogP contribution in [0.15, 0.2) is 0 Å². The smallest absolute Gasteiger partial charge is 0.226 e. The highest BCUT2D eigenvalue weighted by atomic mass is 16.2. The molecule has 3 aliphatic rings. The Bertz CT molecular complexity index is 275. The van der Waals surface area contributed by atoms with Crippen molar-refractivity contribution in [3.05, 3.63) is 0 Å². The van der Waals surface area contributed by atoms with E-state index in [1.165, 1.54) is 12.8 Å².